The SMILES string of the molecule is CC1(C)CC(NC(=O)C2(C)CCCC2)c2cc(N)ccc2O1.Cl. The molecule has 4 nitrogen and oxygen atoms in total. The Hall–Kier alpha value is -1.42. The van der Waals surface area contributed by atoms with Crippen molar-refractivity contribution in [3.63, 3.8) is 0 Å². The lowest BCUT2D eigenvalue weighted by Gasteiger charge is -2.39. The van der Waals surface area contributed by atoms with Gasteiger partial charge in [0.25, 0.3) is 0 Å². The normalized spacial score (nSPS) is 24.0. The topological polar surface area (TPSA) is 64.4 Å². The highest BCUT2D eigenvalue weighted by Crippen LogP contribution is 2.42. The van der Waals surface area contributed by atoms with Gasteiger partial charge in [0.05, 0.1) is 6.04 Å². The molecule has 1 aliphatic heterocycles. The number of hydrogen-bond acceptors (Lipinski definition) is 3. The van der Waals surface area contributed by atoms with Crippen molar-refractivity contribution >= 4 is 24.0 Å². The van der Waals surface area contributed by atoms with Crippen LogP contribution < -0.4 is 15.8 Å². The summed E-state index contributed by atoms with van der Waals surface area (Å²) in [7, 11) is 0. The van der Waals surface area contributed by atoms with E-state index in [1.54, 1.807) is 0 Å². The number of nitrogen functional groups attached to an aromatic ring is 1. The van der Waals surface area contributed by atoms with Crippen molar-refractivity contribution in [3.05, 3.63) is 23.8 Å². The van der Waals surface area contributed by atoms with Crippen LogP contribution in [0.1, 0.15) is 64.5 Å². The zero-order valence-corrected chi connectivity index (χ0v) is 15.0. The first-order valence-corrected chi connectivity index (χ1v) is 8.19. The maximum atomic E-state index is 12.8. The second-order valence-corrected chi connectivity index (χ2v) is 7.66. The molecule has 1 atom stereocenters. The first-order chi connectivity index (χ1) is 10.3. The van der Waals surface area contributed by atoms with Crippen molar-refractivity contribution in [2.24, 2.45) is 5.41 Å². The molecule has 1 unspecified atom stereocenters. The molecule has 1 aromatic carbocycles. The predicted molar refractivity (Wildman–Crippen MR) is 94.9 cm³/mol. The van der Waals surface area contributed by atoms with Gasteiger partial charge in [0.15, 0.2) is 0 Å². The molecular formula is C18H27ClN2O2. The molecule has 1 aliphatic carbocycles. The zero-order chi connectivity index (χ0) is 16.0. The Morgan fingerprint density at radius 3 is 2.57 bits per heavy atom. The van der Waals surface area contributed by atoms with Crippen LogP contribution >= 0.6 is 12.4 Å². The Morgan fingerprint density at radius 2 is 1.91 bits per heavy atom. The quantitative estimate of drug-likeness (QED) is 0.801. The highest BCUT2D eigenvalue weighted by atomic mass is 35.5. The highest BCUT2D eigenvalue weighted by molar-refractivity contribution is 5.85. The molecule has 23 heavy (non-hydrogen) atoms. The van der Waals surface area contributed by atoms with Gasteiger partial charge in [-0.15, -0.1) is 12.4 Å². The number of nitrogens with two attached hydrogens (primary N) is 1. The summed E-state index contributed by atoms with van der Waals surface area (Å²) < 4.78 is 6.03. The van der Waals surface area contributed by atoms with E-state index in [0.29, 0.717) is 5.69 Å². The van der Waals surface area contributed by atoms with Crippen LogP contribution in [0.25, 0.3) is 0 Å². The maximum absolute atomic E-state index is 12.8. The van der Waals surface area contributed by atoms with Gasteiger partial charge in [-0.3, -0.25) is 4.79 Å². The summed E-state index contributed by atoms with van der Waals surface area (Å²) >= 11 is 0. The van der Waals surface area contributed by atoms with Crippen LogP contribution in [0, 0.1) is 5.41 Å². The second kappa shape index (κ2) is 6.23. The second-order valence-electron chi connectivity index (χ2n) is 7.66. The molecule has 0 aromatic heterocycles. The molecule has 1 fully saturated rings. The van der Waals surface area contributed by atoms with Gasteiger partial charge in [0, 0.05) is 23.1 Å². The fraction of sp³-hybridized carbons (Fsp3) is 0.611. The van der Waals surface area contributed by atoms with Crippen LogP contribution in [-0.2, 0) is 4.79 Å². The van der Waals surface area contributed by atoms with Gasteiger partial charge in [0.1, 0.15) is 11.4 Å². The average Bonchev–Trinajstić information content (AvgIpc) is 2.87. The number of rotatable bonds is 2. The van der Waals surface area contributed by atoms with E-state index < -0.39 is 0 Å². The van der Waals surface area contributed by atoms with Gasteiger partial charge in [-0.25, -0.2) is 0 Å². The van der Waals surface area contributed by atoms with E-state index in [4.69, 9.17) is 10.5 Å². The first-order valence-electron chi connectivity index (χ1n) is 8.19. The van der Waals surface area contributed by atoms with E-state index >= 15 is 0 Å². The van der Waals surface area contributed by atoms with Crippen LogP contribution in [0.3, 0.4) is 0 Å². The van der Waals surface area contributed by atoms with E-state index in [1.807, 2.05) is 18.2 Å². The minimum absolute atomic E-state index is 0. The van der Waals surface area contributed by atoms with Crippen molar-refractivity contribution in [1.29, 1.82) is 0 Å². The van der Waals surface area contributed by atoms with Gasteiger partial charge in [-0.1, -0.05) is 19.8 Å². The molecule has 5 heteroatoms. The fourth-order valence-electron chi connectivity index (χ4n) is 3.72. The first kappa shape index (κ1) is 17.9. The van der Waals surface area contributed by atoms with Gasteiger partial charge >= 0.3 is 0 Å². The van der Waals surface area contributed by atoms with Crippen molar-refractivity contribution in [3.8, 4) is 5.75 Å². The number of amides is 1. The number of benzene rings is 1. The minimum Gasteiger partial charge on any atom is -0.487 e. The lowest BCUT2D eigenvalue weighted by molar-refractivity contribution is -0.131. The summed E-state index contributed by atoms with van der Waals surface area (Å²) in [5, 5.41) is 3.27. The average molecular weight is 339 g/mol. The fourth-order valence-corrected chi connectivity index (χ4v) is 3.72. The monoisotopic (exact) mass is 338 g/mol. The van der Waals surface area contributed by atoms with Crippen LogP contribution in [0.15, 0.2) is 18.2 Å². The van der Waals surface area contributed by atoms with Crippen molar-refractivity contribution in [2.45, 2.75) is 64.5 Å². The van der Waals surface area contributed by atoms with Gasteiger partial charge < -0.3 is 15.8 Å². The molecular weight excluding hydrogens is 312 g/mol. The lowest BCUT2D eigenvalue weighted by atomic mass is 9.85. The molecule has 1 aromatic rings. The van der Waals surface area contributed by atoms with Crippen LogP contribution in [-0.4, -0.2) is 11.5 Å². The number of carbonyl (C=O) groups is 1. The van der Waals surface area contributed by atoms with Crippen LogP contribution in [0.4, 0.5) is 5.69 Å². The summed E-state index contributed by atoms with van der Waals surface area (Å²) in [4.78, 5) is 12.8. The van der Waals surface area contributed by atoms with Gasteiger partial charge in [-0.2, -0.15) is 0 Å². The summed E-state index contributed by atoms with van der Waals surface area (Å²) in [6.45, 7) is 6.20. The van der Waals surface area contributed by atoms with Crippen LogP contribution in [0.2, 0.25) is 0 Å². The minimum atomic E-state index is -0.294. The van der Waals surface area contributed by atoms with E-state index in [9.17, 15) is 4.79 Å². The summed E-state index contributed by atoms with van der Waals surface area (Å²) in [5.74, 6) is 0.994. The number of anilines is 1. The number of halogens is 1. The van der Waals surface area contributed by atoms with Crippen molar-refractivity contribution < 1.29 is 9.53 Å². The number of fused-ring (bicyclic) bond motifs is 1. The Morgan fingerprint density at radius 1 is 1.26 bits per heavy atom. The van der Waals surface area contributed by atoms with Crippen LogP contribution in [0.5, 0.6) is 5.75 Å². The largest absolute Gasteiger partial charge is 0.487 e. The molecule has 0 saturated heterocycles. The summed E-state index contributed by atoms with van der Waals surface area (Å²) in [6.07, 6.45) is 5.01. The zero-order valence-electron chi connectivity index (χ0n) is 14.1. The molecule has 0 bridgehead atoms. The smallest absolute Gasteiger partial charge is 0.226 e. The summed E-state index contributed by atoms with van der Waals surface area (Å²) in [5.41, 5.74) is 7.11. The Labute approximate surface area is 144 Å². The number of hydrogen-bond donors (Lipinski definition) is 2. The van der Waals surface area contributed by atoms with Gasteiger partial charge in [-0.05, 0) is 44.9 Å². The molecule has 3 N–H and O–H groups in total. The van der Waals surface area contributed by atoms with Crippen molar-refractivity contribution in [2.75, 3.05) is 5.73 Å². The molecule has 128 valence electrons. The Balaban J connectivity index is 0.00000192. The highest BCUT2D eigenvalue weighted by Gasteiger charge is 2.40. The number of nitrogens with one attached hydrogen (secondary N) is 1. The summed E-state index contributed by atoms with van der Waals surface area (Å²) in [6, 6.07) is 5.64. The van der Waals surface area contributed by atoms with E-state index in [0.717, 1.165) is 43.4 Å². The Bertz CT molecular complexity index is 595. The lowest BCUT2D eigenvalue weighted by Crippen LogP contribution is -2.45. The predicted octanol–water partition coefficient (Wildman–Crippen LogP) is 3.99. The Kier molecular flexibility index (Phi) is 4.86. The van der Waals surface area contributed by atoms with E-state index in [1.165, 1.54) is 0 Å². The third-order valence-electron chi connectivity index (χ3n) is 5.05. The third kappa shape index (κ3) is 3.57. The molecule has 1 amide bonds. The molecule has 2 aliphatic rings. The third-order valence-corrected chi connectivity index (χ3v) is 5.05. The van der Waals surface area contributed by atoms with Gasteiger partial charge in [0.2, 0.25) is 5.91 Å². The molecule has 0 spiro atoms. The molecule has 1 heterocycles. The number of carbonyl (C=O) groups excluding carboxylic acids is 1. The standard InChI is InChI=1S/C18H26N2O2.ClH/c1-17(2)11-14(13-10-12(19)6-7-15(13)22-17)20-16(21)18(3)8-4-5-9-18;/h6-7,10,14H,4-5,8-9,11,19H2,1-3H3,(H,20,21);1H. The van der Waals surface area contributed by atoms with Crippen molar-refractivity contribution in [1.82, 2.24) is 5.32 Å². The number of ether oxygens (including phenoxy) is 1. The van der Waals surface area contributed by atoms with E-state index in [-0.39, 0.29) is 35.4 Å². The maximum Gasteiger partial charge on any atom is 0.226 e. The molecule has 0 radical (unpaired) electrons. The van der Waals surface area contributed by atoms with E-state index in [2.05, 4.69) is 26.1 Å². The molecule has 3 rings (SSSR count). The molecule has 1 saturated carbocycles.